The molecule has 0 aromatic heterocycles. The van der Waals surface area contributed by atoms with E-state index in [0.717, 1.165) is 0 Å². The van der Waals surface area contributed by atoms with Gasteiger partial charge in [-0.3, -0.25) is 0 Å². The van der Waals surface area contributed by atoms with Gasteiger partial charge in [0.15, 0.2) is 0 Å². The van der Waals surface area contributed by atoms with Crippen LogP contribution in [-0.4, -0.2) is 12.7 Å². The lowest BCUT2D eigenvalue weighted by molar-refractivity contribution is -0.0284. The molecule has 0 saturated heterocycles. The number of benzene rings is 1. The van der Waals surface area contributed by atoms with Crippen molar-refractivity contribution in [3.05, 3.63) is 35.4 Å². The Morgan fingerprint density at radius 2 is 1.82 bits per heavy atom. The van der Waals surface area contributed by atoms with Crippen LogP contribution in [0.3, 0.4) is 0 Å². The van der Waals surface area contributed by atoms with E-state index in [9.17, 15) is 0 Å². The molecule has 0 aliphatic heterocycles. The highest BCUT2D eigenvalue weighted by Gasteiger charge is 2.32. The third-order valence-electron chi connectivity index (χ3n) is 3.07. The summed E-state index contributed by atoms with van der Waals surface area (Å²) in [5.41, 5.74) is 8.84. The van der Waals surface area contributed by atoms with Gasteiger partial charge in [0.05, 0.1) is 12.1 Å². The molecule has 0 heterocycles. The second-order valence-electron chi connectivity index (χ2n) is 5.62. The van der Waals surface area contributed by atoms with Crippen molar-refractivity contribution in [3.63, 3.8) is 0 Å². The minimum atomic E-state index is -0.0730. The Kier molecular flexibility index (Phi) is 4.72. The van der Waals surface area contributed by atoms with Gasteiger partial charge in [-0.2, -0.15) is 0 Å². The Labute approximate surface area is 105 Å². The largest absolute Gasteiger partial charge is 0.376 e. The van der Waals surface area contributed by atoms with Crippen LogP contribution in [0.4, 0.5) is 0 Å². The third kappa shape index (κ3) is 3.55. The van der Waals surface area contributed by atoms with E-state index in [2.05, 4.69) is 39.8 Å². The fourth-order valence-electron chi connectivity index (χ4n) is 2.20. The Morgan fingerprint density at radius 1 is 1.24 bits per heavy atom. The maximum atomic E-state index is 6.39. The summed E-state index contributed by atoms with van der Waals surface area (Å²) in [5.74, 6) is 0. The Hall–Kier alpha value is -0.860. The van der Waals surface area contributed by atoms with Crippen LogP contribution in [0.1, 0.15) is 44.9 Å². The number of ether oxygens (including phenoxy) is 1. The van der Waals surface area contributed by atoms with Gasteiger partial charge in [0.2, 0.25) is 0 Å². The van der Waals surface area contributed by atoms with Crippen molar-refractivity contribution in [1.82, 2.24) is 0 Å². The van der Waals surface area contributed by atoms with Gasteiger partial charge in [-0.15, -0.1) is 0 Å². The Bertz CT molecular complexity index is 354. The quantitative estimate of drug-likeness (QED) is 0.867. The average Bonchev–Trinajstić information content (AvgIpc) is 2.24. The zero-order chi connectivity index (χ0) is 13.1. The maximum Gasteiger partial charge on any atom is 0.0815 e. The van der Waals surface area contributed by atoms with E-state index >= 15 is 0 Å². The summed E-state index contributed by atoms with van der Waals surface area (Å²) in [6.45, 7) is 11.3. The highest BCUT2D eigenvalue weighted by molar-refractivity contribution is 5.29. The minimum Gasteiger partial charge on any atom is -0.376 e. The van der Waals surface area contributed by atoms with Gasteiger partial charge in [0, 0.05) is 6.61 Å². The van der Waals surface area contributed by atoms with E-state index < -0.39 is 0 Å². The molecule has 2 unspecified atom stereocenters. The summed E-state index contributed by atoms with van der Waals surface area (Å²) in [7, 11) is 0. The second-order valence-corrected chi connectivity index (χ2v) is 5.62. The number of hydrogen-bond donors (Lipinski definition) is 1. The second kappa shape index (κ2) is 5.65. The number of nitrogens with two attached hydrogens (primary N) is 1. The zero-order valence-corrected chi connectivity index (χ0v) is 11.7. The van der Waals surface area contributed by atoms with Gasteiger partial charge in [-0.25, -0.2) is 0 Å². The van der Waals surface area contributed by atoms with Crippen LogP contribution in [0.5, 0.6) is 0 Å². The molecule has 2 heteroatoms. The van der Waals surface area contributed by atoms with Gasteiger partial charge in [0.25, 0.3) is 0 Å². The summed E-state index contributed by atoms with van der Waals surface area (Å²) in [5, 5.41) is 0. The molecule has 0 saturated carbocycles. The molecular formula is C15H25NO. The van der Waals surface area contributed by atoms with Gasteiger partial charge >= 0.3 is 0 Å². The summed E-state index contributed by atoms with van der Waals surface area (Å²) in [6, 6.07) is 8.20. The summed E-state index contributed by atoms with van der Waals surface area (Å²) >= 11 is 0. The monoisotopic (exact) mass is 235 g/mol. The smallest absolute Gasteiger partial charge is 0.0815 e. The van der Waals surface area contributed by atoms with Gasteiger partial charge < -0.3 is 10.5 Å². The topological polar surface area (TPSA) is 35.2 Å². The van der Waals surface area contributed by atoms with E-state index in [1.165, 1.54) is 11.1 Å². The molecule has 0 radical (unpaired) electrons. The lowest BCUT2D eigenvalue weighted by atomic mass is 9.81. The van der Waals surface area contributed by atoms with E-state index in [1.807, 2.05) is 19.1 Å². The molecule has 0 amide bonds. The van der Waals surface area contributed by atoms with Crippen LogP contribution in [0.25, 0.3) is 0 Å². The fraction of sp³-hybridized carbons (Fsp3) is 0.600. The SMILES string of the molecule is CCOC(C(N)c1ccccc1C)C(C)(C)C. The molecule has 1 aromatic rings. The third-order valence-corrected chi connectivity index (χ3v) is 3.07. The molecule has 2 nitrogen and oxygen atoms in total. The molecule has 2 N–H and O–H groups in total. The summed E-state index contributed by atoms with van der Waals surface area (Å²) < 4.78 is 5.85. The molecule has 0 aliphatic carbocycles. The van der Waals surface area contributed by atoms with E-state index in [1.54, 1.807) is 0 Å². The molecule has 17 heavy (non-hydrogen) atoms. The van der Waals surface area contributed by atoms with Gasteiger partial charge in [0.1, 0.15) is 0 Å². The fourth-order valence-corrected chi connectivity index (χ4v) is 2.20. The maximum absolute atomic E-state index is 6.39. The summed E-state index contributed by atoms with van der Waals surface area (Å²) in [6.07, 6.45) is 0.0357. The van der Waals surface area contributed by atoms with Gasteiger partial charge in [-0.1, -0.05) is 45.0 Å². The van der Waals surface area contributed by atoms with Crippen molar-refractivity contribution >= 4 is 0 Å². The lowest BCUT2D eigenvalue weighted by Gasteiger charge is -2.35. The lowest BCUT2D eigenvalue weighted by Crippen LogP contribution is -2.39. The minimum absolute atomic E-state index is 0.0357. The van der Waals surface area contributed by atoms with E-state index in [-0.39, 0.29) is 17.6 Å². The molecule has 0 aliphatic rings. The van der Waals surface area contributed by atoms with Crippen molar-refractivity contribution in [1.29, 1.82) is 0 Å². The first kappa shape index (κ1) is 14.2. The Balaban J connectivity index is 3.00. The summed E-state index contributed by atoms with van der Waals surface area (Å²) in [4.78, 5) is 0. The average molecular weight is 235 g/mol. The molecule has 2 atom stereocenters. The number of hydrogen-bond acceptors (Lipinski definition) is 2. The Morgan fingerprint density at radius 3 is 2.29 bits per heavy atom. The molecule has 96 valence electrons. The molecular weight excluding hydrogens is 210 g/mol. The first-order valence-corrected chi connectivity index (χ1v) is 6.30. The first-order valence-electron chi connectivity index (χ1n) is 6.30. The van der Waals surface area contributed by atoms with Gasteiger partial charge in [-0.05, 0) is 30.4 Å². The van der Waals surface area contributed by atoms with E-state index in [0.29, 0.717) is 6.61 Å². The van der Waals surface area contributed by atoms with Crippen molar-refractivity contribution in [2.75, 3.05) is 6.61 Å². The molecule has 0 spiro atoms. The van der Waals surface area contributed by atoms with Crippen LogP contribution in [0.15, 0.2) is 24.3 Å². The van der Waals surface area contributed by atoms with Crippen LogP contribution in [-0.2, 0) is 4.74 Å². The highest BCUT2D eigenvalue weighted by Crippen LogP contribution is 2.32. The van der Waals surface area contributed by atoms with E-state index in [4.69, 9.17) is 10.5 Å². The van der Waals surface area contributed by atoms with Crippen molar-refractivity contribution in [2.45, 2.75) is 46.8 Å². The van der Waals surface area contributed by atoms with Crippen molar-refractivity contribution in [3.8, 4) is 0 Å². The predicted molar refractivity (Wildman–Crippen MR) is 73.0 cm³/mol. The highest BCUT2D eigenvalue weighted by atomic mass is 16.5. The zero-order valence-electron chi connectivity index (χ0n) is 11.7. The van der Waals surface area contributed by atoms with Crippen LogP contribution < -0.4 is 5.73 Å². The van der Waals surface area contributed by atoms with Crippen molar-refractivity contribution < 1.29 is 4.74 Å². The molecule has 0 bridgehead atoms. The molecule has 1 rings (SSSR count). The van der Waals surface area contributed by atoms with Crippen molar-refractivity contribution in [2.24, 2.45) is 11.1 Å². The predicted octanol–water partition coefficient (Wildman–Crippen LogP) is 3.45. The number of aryl methyl sites for hydroxylation is 1. The van der Waals surface area contributed by atoms with Crippen LogP contribution in [0.2, 0.25) is 0 Å². The normalized spacial score (nSPS) is 15.6. The standard InChI is InChI=1S/C15H25NO/c1-6-17-14(15(3,4)5)13(16)12-10-8-7-9-11(12)2/h7-10,13-14H,6,16H2,1-5H3. The first-order chi connectivity index (χ1) is 7.88. The molecule has 1 aromatic carbocycles. The molecule has 0 fully saturated rings. The van der Waals surface area contributed by atoms with Crippen LogP contribution in [0, 0.1) is 12.3 Å². The number of rotatable bonds is 4. The van der Waals surface area contributed by atoms with Crippen LogP contribution >= 0.6 is 0 Å².